The zero-order valence-electron chi connectivity index (χ0n) is 13.7. The Kier molecular flexibility index (Phi) is 5.78. The number of carboxylic acid groups (broad SMARTS) is 1. The normalized spacial score (nSPS) is 14.8. The van der Waals surface area contributed by atoms with Crippen LogP contribution in [0.1, 0.15) is 54.9 Å². The Morgan fingerprint density at radius 1 is 0.905 bits per heavy atom. The van der Waals surface area contributed by atoms with Gasteiger partial charge in [0.1, 0.15) is 16.7 Å². The molecule has 0 aliphatic rings. The predicted molar refractivity (Wildman–Crippen MR) is 75.9 cm³/mol. The van der Waals surface area contributed by atoms with E-state index in [-0.39, 0.29) is 0 Å². The first-order chi connectivity index (χ1) is 9.15. The van der Waals surface area contributed by atoms with E-state index in [1.807, 2.05) is 0 Å². The van der Waals surface area contributed by atoms with Crippen LogP contribution in [0, 0.1) is 0 Å². The molecule has 0 spiro atoms. The molecule has 0 aliphatic carbocycles. The second-order valence-electron chi connectivity index (χ2n) is 7.03. The molecule has 1 amide bonds. The molecule has 1 atom stereocenters. The molecule has 0 rings (SSSR count). The molecule has 0 aliphatic heterocycles. The standard InChI is InChI=1S/C14H25NO6/c1-12(2,3)20-10(18)14(7,8-9(16)17)15-11(19)21-13(4,5)6/h8H2,1-7H3,(H,15,19)(H,16,17)/t14-/m0/s1. The van der Waals surface area contributed by atoms with Crippen LogP contribution in [0.25, 0.3) is 0 Å². The summed E-state index contributed by atoms with van der Waals surface area (Å²) in [6, 6.07) is 0. The van der Waals surface area contributed by atoms with Crippen LogP contribution in [0.4, 0.5) is 4.79 Å². The Morgan fingerprint density at radius 2 is 1.33 bits per heavy atom. The molecule has 0 unspecified atom stereocenters. The Hall–Kier alpha value is -1.79. The molecule has 0 aromatic carbocycles. The summed E-state index contributed by atoms with van der Waals surface area (Å²) in [4.78, 5) is 34.9. The number of amides is 1. The number of aliphatic carboxylic acids is 1. The third-order valence-corrected chi connectivity index (χ3v) is 2.13. The number of esters is 1. The van der Waals surface area contributed by atoms with E-state index in [0.717, 1.165) is 0 Å². The highest BCUT2D eigenvalue weighted by atomic mass is 16.6. The van der Waals surface area contributed by atoms with Gasteiger partial charge < -0.3 is 19.9 Å². The molecule has 0 radical (unpaired) electrons. The van der Waals surface area contributed by atoms with Crippen molar-refractivity contribution in [2.75, 3.05) is 0 Å². The van der Waals surface area contributed by atoms with Crippen LogP contribution < -0.4 is 5.32 Å². The van der Waals surface area contributed by atoms with Gasteiger partial charge in [0.25, 0.3) is 0 Å². The van der Waals surface area contributed by atoms with E-state index in [9.17, 15) is 14.4 Å². The minimum atomic E-state index is -1.71. The van der Waals surface area contributed by atoms with E-state index >= 15 is 0 Å². The highest BCUT2D eigenvalue weighted by molar-refractivity contribution is 5.89. The summed E-state index contributed by atoms with van der Waals surface area (Å²) in [7, 11) is 0. The van der Waals surface area contributed by atoms with Gasteiger partial charge in [-0.1, -0.05) is 0 Å². The lowest BCUT2D eigenvalue weighted by Crippen LogP contribution is -2.56. The molecular weight excluding hydrogens is 278 g/mol. The molecular formula is C14H25NO6. The molecule has 0 aromatic rings. The summed E-state index contributed by atoms with van der Waals surface area (Å²) in [5, 5.41) is 11.2. The quantitative estimate of drug-likeness (QED) is 0.771. The second-order valence-corrected chi connectivity index (χ2v) is 7.03. The van der Waals surface area contributed by atoms with Crippen molar-refractivity contribution in [3.63, 3.8) is 0 Å². The summed E-state index contributed by atoms with van der Waals surface area (Å²) < 4.78 is 10.2. The molecule has 21 heavy (non-hydrogen) atoms. The molecule has 0 heterocycles. The Labute approximate surface area is 125 Å². The number of ether oxygens (including phenoxy) is 2. The molecule has 0 bridgehead atoms. The summed E-state index contributed by atoms with van der Waals surface area (Å²) in [5.41, 5.74) is -3.27. The summed E-state index contributed by atoms with van der Waals surface area (Å²) in [5.74, 6) is -2.07. The lowest BCUT2D eigenvalue weighted by Gasteiger charge is -2.32. The first-order valence-electron chi connectivity index (χ1n) is 6.61. The number of hydrogen-bond donors (Lipinski definition) is 2. The smallest absolute Gasteiger partial charge is 0.408 e. The molecule has 0 saturated heterocycles. The minimum Gasteiger partial charge on any atom is -0.481 e. The summed E-state index contributed by atoms with van der Waals surface area (Å²) >= 11 is 0. The van der Waals surface area contributed by atoms with Gasteiger partial charge in [-0.05, 0) is 48.5 Å². The number of alkyl carbamates (subject to hydrolysis) is 1. The van der Waals surface area contributed by atoms with Crippen LogP contribution in [0.15, 0.2) is 0 Å². The fourth-order valence-corrected chi connectivity index (χ4v) is 1.39. The van der Waals surface area contributed by atoms with Crippen molar-refractivity contribution in [1.82, 2.24) is 5.32 Å². The number of carbonyl (C=O) groups excluding carboxylic acids is 2. The van der Waals surface area contributed by atoms with E-state index < -0.39 is 41.2 Å². The SMILES string of the molecule is CC(C)(C)OC(=O)N[C@@](C)(CC(=O)O)C(=O)OC(C)(C)C. The van der Waals surface area contributed by atoms with E-state index in [1.165, 1.54) is 6.92 Å². The van der Waals surface area contributed by atoms with Gasteiger partial charge >= 0.3 is 18.0 Å². The van der Waals surface area contributed by atoms with Gasteiger partial charge in [-0.2, -0.15) is 0 Å². The maximum atomic E-state index is 12.2. The van der Waals surface area contributed by atoms with Crippen molar-refractivity contribution < 1.29 is 29.0 Å². The Balaban J connectivity index is 5.13. The van der Waals surface area contributed by atoms with Crippen LogP contribution >= 0.6 is 0 Å². The van der Waals surface area contributed by atoms with Gasteiger partial charge in [0.2, 0.25) is 0 Å². The zero-order valence-corrected chi connectivity index (χ0v) is 13.7. The summed E-state index contributed by atoms with van der Waals surface area (Å²) in [6.07, 6.45) is -1.49. The van der Waals surface area contributed by atoms with Crippen LogP contribution in [0.2, 0.25) is 0 Å². The molecule has 2 N–H and O–H groups in total. The van der Waals surface area contributed by atoms with Crippen LogP contribution in [0.5, 0.6) is 0 Å². The van der Waals surface area contributed by atoms with Crippen molar-refractivity contribution in [2.24, 2.45) is 0 Å². The highest BCUT2D eigenvalue weighted by Gasteiger charge is 2.41. The van der Waals surface area contributed by atoms with E-state index in [4.69, 9.17) is 14.6 Å². The van der Waals surface area contributed by atoms with Crippen molar-refractivity contribution in [1.29, 1.82) is 0 Å². The minimum absolute atomic E-state index is 0.610. The molecule has 0 fully saturated rings. The number of rotatable bonds is 4. The first-order valence-corrected chi connectivity index (χ1v) is 6.61. The highest BCUT2D eigenvalue weighted by Crippen LogP contribution is 2.19. The maximum absolute atomic E-state index is 12.2. The third-order valence-electron chi connectivity index (χ3n) is 2.13. The summed E-state index contributed by atoms with van der Waals surface area (Å²) in [6.45, 7) is 11.2. The topological polar surface area (TPSA) is 102 Å². The van der Waals surface area contributed by atoms with E-state index in [1.54, 1.807) is 41.5 Å². The van der Waals surface area contributed by atoms with Gasteiger partial charge in [0.05, 0.1) is 6.42 Å². The van der Waals surface area contributed by atoms with Crippen molar-refractivity contribution in [3.05, 3.63) is 0 Å². The zero-order chi connectivity index (χ0) is 17.1. The Morgan fingerprint density at radius 3 is 1.67 bits per heavy atom. The van der Waals surface area contributed by atoms with E-state index in [0.29, 0.717) is 0 Å². The van der Waals surface area contributed by atoms with Crippen molar-refractivity contribution >= 4 is 18.0 Å². The molecule has 7 heteroatoms. The fraction of sp³-hybridized carbons (Fsp3) is 0.786. The first kappa shape index (κ1) is 19.2. The van der Waals surface area contributed by atoms with Gasteiger partial charge in [-0.25, -0.2) is 9.59 Å². The van der Waals surface area contributed by atoms with Crippen molar-refractivity contribution in [2.45, 2.75) is 71.6 Å². The number of carbonyl (C=O) groups is 3. The van der Waals surface area contributed by atoms with Gasteiger partial charge in [0.15, 0.2) is 0 Å². The number of carboxylic acids is 1. The van der Waals surface area contributed by atoms with E-state index in [2.05, 4.69) is 5.32 Å². The number of hydrogen-bond acceptors (Lipinski definition) is 5. The van der Waals surface area contributed by atoms with Gasteiger partial charge in [-0.15, -0.1) is 0 Å². The van der Waals surface area contributed by atoms with Gasteiger partial charge in [-0.3, -0.25) is 4.79 Å². The predicted octanol–water partition coefficient (Wildman–Crippen LogP) is 2.09. The second kappa shape index (κ2) is 6.32. The van der Waals surface area contributed by atoms with Crippen LogP contribution in [0.3, 0.4) is 0 Å². The van der Waals surface area contributed by atoms with Crippen molar-refractivity contribution in [3.8, 4) is 0 Å². The molecule has 122 valence electrons. The fourth-order valence-electron chi connectivity index (χ4n) is 1.39. The molecule has 7 nitrogen and oxygen atoms in total. The lowest BCUT2D eigenvalue weighted by atomic mass is 9.97. The molecule has 0 saturated carbocycles. The lowest BCUT2D eigenvalue weighted by molar-refractivity contribution is -0.165. The largest absolute Gasteiger partial charge is 0.481 e. The molecule has 0 aromatic heterocycles. The average molecular weight is 303 g/mol. The van der Waals surface area contributed by atoms with Crippen LogP contribution in [-0.2, 0) is 19.1 Å². The monoisotopic (exact) mass is 303 g/mol. The Bertz CT molecular complexity index is 418. The average Bonchev–Trinajstić information content (AvgIpc) is 2.08. The third kappa shape index (κ3) is 8.16. The van der Waals surface area contributed by atoms with Crippen LogP contribution in [-0.4, -0.2) is 39.9 Å². The van der Waals surface area contributed by atoms with Gasteiger partial charge in [0, 0.05) is 0 Å². The maximum Gasteiger partial charge on any atom is 0.408 e. The number of nitrogens with one attached hydrogen (secondary N) is 1.